The number of fused-ring (bicyclic) bond motifs is 1. The number of nitrogens with one attached hydrogen (secondary N) is 2. The summed E-state index contributed by atoms with van der Waals surface area (Å²) < 4.78 is 0. The SMILES string of the molecule is NC(=O)c1ccsc1NC(=O)CCN1CCC(N2CC(=O)Nc3ccccc32)C1. The summed E-state index contributed by atoms with van der Waals surface area (Å²) in [5, 5.41) is 7.92. The summed E-state index contributed by atoms with van der Waals surface area (Å²) in [5.41, 5.74) is 7.55. The standard InChI is InChI=1S/C20H23N5O3S/c21-19(28)14-7-10-29-20(14)23-17(26)6-9-24-8-5-13(11-24)25-12-18(27)22-15-3-1-2-4-16(15)25/h1-4,7,10,13H,5-6,8-9,11-12H2,(H2,21,28)(H,22,27)(H,23,26). The summed E-state index contributed by atoms with van der Waals surface area (Å²) in [4.78, 5) is 40.1. The van der Waals surface area contributed by atoms with E-state index in [-0.39, 0.29) is 17.9 Å². The Morgan fingerprint density at radius 1 is 1.28 bits per heavy atom. The van der Waals surface area contributed by atoms with E-state index in [9.17, 15) is 14.4 Å². The second kappa shape index (κ2) is 8.22. The smallest absolute Gasteiger partial charge is 0.251 e. The predicted octanol–water partition coefficient (Wildman–Crippen LogP) is 1.71. The lowest BCUT2D eigenvalue weighted by molar-refractivity contribution is -0.116. The van der Waals surface area contributed by atoms with Crippen molar-refractivity contribution in [2.24, 2.45) is 5.73 Å². The summed E-state index contributed by atoms with van der Waals surface area (Å²) in [5.74, 6) is -0.682. The fourth-order valence-electron chi connectivity index (χ4n) is 3.90. The van der Waals surface area contributed by atoms with Crippen LogP contribution in [0.25, 0.3) is 0 Å². The van der Waals surface area contributed by atoms with Crippen LogP contribution in [-0.2, 0) is 9.59 Å². The number of carbonyl (C=O) groups is 3. The number of nitrogens with two attached hydrogens (primary N) is 1. The highest BCUT2D eigenvalue weighted by atomic mass is 32.1. The number of amides is 3. The summed E-state index contributed by atoms with van der Waals surface area (Å²) in [6, 6.07) is 9.69. The van der Waals surface area contributed by atoms with Gasteiger partial charge in [0.15, 0.2) is 0 Å². The number of rotatable bonds is 6. The molecule has 8 nitrogen and oxygen atoms in total. The van der Waals surface area contributed by atoms with Crippen LogP contribution in [0.5, 0.6) is 0 Å². The number of benzene rings is 1. The lowest BCUT2D eigenvalue weighted by Crippen LogP contribution is -2.45. The van der Waals surface area contributed by atoms with Gasteiger partial charge in [-0.25, -0.2) is 0 Å². The monoisotopic (exact) mass is 413 g/mol. The third kappa shape index (κ3) is 4.25. The van der Waals surface area contributed by atoms with Crippen molar-refractivity contribution in [3.8, 4) is 0 Å². The third-order valence-electron chi connectivity index (χ3n) is 5.33. The number of carbonyl (C=O) groups excluding carboxylic acids is 3. The fourth-order valence-corrected chi connectivity index (χ4v) is 4.71. The van der Waals surface area contributed by atoms with E-state index in [1.807, 2.05) is 24.3 Å². The van der Waals surface area contributed by atoms with E-state index in [2.05, 4.69) is 20.4 Å². The van der Waals surface area contributed by atoms with Crippen molar-refractivity contribution in [1.82, 2.24) is 4.90 Å². The zero-order valence-corrected chi connectivity index (χ0v) is 16.7. The molecule has 4 rings (SSSR count). The molecule has 0 aliphatic carbocycles. The van der Waals surface area contributed by atoms with Gasteiger partial charge in [0, 0.05) is 32.1 Å². The average Bonchev–Trinajstić information content (AvgIpc) is 3.35. The van der Waals surface area contributed by atoms with E-state index in [4.69, 9.17) is 5.73 Å². The van der Waals surface area contributed by atoms with Gasteiger partial charge in [-0.3, -0.25) is 14.4 Å². The van der Waals surface area contributed by atoms with Crippen molar-refractivity contribution in [3.63, 3.8) is 0 Å². The molecule has 1 aromatic carbocycles. The third-order valence-corrected chi connectivity index (χ3v) is 6.16. The van der Waals surface area contributed by atoms with Crippen molar-refractivity contribution in [2.75, 3.05) is 41.7 Å². The van der Waals surface area contributed by atoms with Gasteiger partial charge in [-0.15, -0.1) is 11.3 Å². The average molecular weight is 414 g/mol. The molecule has 1 unspecified atom stereocenters. The topological polar surface area (TPSA) is 108 Å². The molecule has 0 bridgehead atoms. The summed E-state index contributed by atoms with van der Waals surface area (Å²) in [6.45, 7) is 2.66. The second-order valence-electron chi connectivity index (χ2n) is 7.26. The normalized spacial score (nSPS) is 19.0. The van der Waals surface area contributed by atoms with Gasteiger partial charge in [-0.2, -0.15) is 0 Å². The Morgan fingerprint density at radius 3 is 2.93 bits per heavy atom. The minimum atomic E-state index is -0.546. The molecule has 1 saturated heterocycles. The number of thiophene rings is 1. The maximum atomic E-state index is 12.3. The first-order valence-corrected chi connectivity index (χ1v) is 10.4. The quantitative estimate of drug-likeness (QED) is 0.668. The Labute approximate surface area is 172 Å². The van der Waals surface area contributed by atoms with E-state index < -0.39 is 5.91 Å². The Morgan fingerprint density at radius 2 is 2.10 bits per heavy atom. The highest BCUT2D eigenvalue weighted by Crippen LogP contribution is 2.32. The van der Waals surface area contributed by atoms with E-state index in [1.54, 1.807) is 11.4 Å². The molecule has 2 aliphatic heterocycles. The number of anilines is 3. The number of likely N-dealkylation sites (tertiary alicyclic amines) is 1. The largest absolute Gasteiger partial charge is 0.366 e. The lowest BCUT2D eigenvalue weighted by atomic mass is 10.1. The van der Waals surface area contributed by atoms with Gasteiger partial charge >= 0.3 is 0 Å². The summed E-state index contributed by atoms with van der Waals surface area (Å²) in [7, 11) is 0. The second-order valence-corrected chi connectivity index (χ2v) is 8.18. The van der Waals surface area contributed by atoms with E-state index in [0.29, 0.717) is 30.1 Å². The first-order chi connectivity index (χ1) is 14.0. The van der Waals surface area contributed by atoms with Crippen molar-refractivity contribution in [2.45, 2.75) is 18.9 Å². The van der Waals surface area contributed by atoms with Crippen LogP contribution in [0, 0.1) is 0 Å². The molecule has 0 radical (unpaired) electrons. The Kier molecular flexibility index (Phi) is 5.50. The molecule has 0 spiro atoms. The van der Waals surface area contributed by atoms with Gasteiger partial charge in [-0.05, 0) is 30.0 Å². The molecule has 1 fully saturated rings. The van der Waals surface area contributed by atoms with Crippen LogP contribution in [-0.4, -0.2) is 54.8 Å². The van der Waals surface area contributed by atoms with Crippen LogP contribution in [0.4, 0.5) is 16.4 Å². The van der Waals surface area contributed by atoms with Crippen molar-refractivity contribution in [3.05, 3.63) is 41.3 Å². The first-order valence-electron chi connectivity index (χ1n) is 9.56. The maximum absolute atomic E-state index is 12.3. The molecule has 9 heteroatoms. The molecule has 29 heavy (non-hydrogen) atoms. The van der Waals surface area contributed by atoms with Crippen LogP contribution < -0.4 is 21.3 Å². The maximum Gasteiger partial charge on any atom is 0.251 e. The zero-order valence-electron chi connectivity index (χ0n) is 15.9. The number of hydrogen-bond acceptors (Lipinski definition) is 6. The Balaban J connectivity index is 1.32. The van der Waals surface area contributed by atoms with Crippen molar-refractivity contribution in [1.29, 1.82) is 0 Å². The molecule has 0 saturated carbocycles. The molecule has 2 aromatic rings. The molecule has 152 valence electrons. The van der Waals surface area contributed by atoms with Gasteiger partial charge in [0.05, 0.1) is 23.5 Å². The van der Waals surface area contributed by atoms with E-state index >= 15 is 0 Å². The lowest BCUT2D eigenvalue weighted by Gasteiger charge is -2.35. The first kappa shape index (κ1) is 19.4. The predicted molar refractivity (Wildman–Crippen MR) is 113 cm³/mol. The Hall–Kier alpha value is -2.91. The van der Waals surface area contributed by atoms with Crippen LogP contribution in [0.3, 0.4) is 0 Å². The number of nitrogens with zero attached hydrogens (tertiary/aromatic N) is 2. The molecule has 1 atom stereocenters. The molecule has 2 aliphatic rings. The molecular formula is C20H23N5O3S. The number of para-hydroxylation sites is 2. The zero-order chi connectivity index (χ0) is 20.4. The summed E-state index contributed by atoms with van der Waals surface area (Å²) >= 11 is 1.29. The van der Waals surface area contributed by atoms with Gasteiger partial charge in [0.2, 0.25) is 11.8 Å². The van der Waals surface area contributed by atoms with E-state index in [0.717, 1.165) is 30.9 Å². The number of primary amides is 1. The van der Waals surface area contributed by atoms with E-state index in [1.165, 1.54) is 11.3 Å². The highest BCUT2D eigenvalue weighted by Gasteiger charge is 2.32. The molecule has 3 heterocycles. The minimum absolute atomic E-state index is 0.00253. The fraction of sp³-hybridized carbons (Fsp3) is 0.350. The van der Waals surface area contributed by atoms with Gasteiger partial charge < -0.3 is 26.2 Å². The highest BCUT2D eigenvalue weighted by molar-refractivity contribution is 7.14. The van der Waals surface area contributed by atoms with Gasteiger partial charge in [-0.1, -0.05) is 12.1 Å². The molecule has 3 amide bonds. The minimum Gasteiger partial charge on any atom is -0.366 e. The number of hydrogen-bond donors (Lipinski definition) is 3. The van der Waals surface area contributed by atoms with Crippen LogP contribution in [0.1, 0.15) is 23.2 Å². The molecular weight excluding hydrogens is 390 g/mol. The van der Waals surface area contributed by atoms with Crippen LogP contribution >= 0.6 is 11.3 Å². The molecule has 1 aromatic heterocycles. The molecule has 4 N–H and O–H groups in total. The summed E-state index contributed by atoms with van der Waals surface area (Å²) in [6.07, 6.45) is 1.28. The van der Waals surface area contributed by atoms with Gasteiger partial charge in [0.25, 0.3) is 5.91 Å². The van der Waals surface area contributed by atoms with Crippen molar-refractivity contribution < 1.29 is 14.4 Å². The van der Waals surface area contributed by atoms with Gasteiger partial charge in [0.1, 0.15) is 5.00 Å². The Bertz CT molecular complexity index is 944. The van der Waals surface area contributed by atoms with Crippen LogP contribution in [0.15, 0.2) is 35.7 Å². The van der Waals surface area contributed by atoms with Crippen LogP contribution in [0.2, 0.25) is 0 Å². The van der Waals surface area contributed by atoms with Crippen molar-refractivity contribution >= 4 is 45.4 Å².